The second kappa shape index (κ2) is 3.90. The summed E-state index contributed by atoms with van der Waals surface area (Å²) in [6.07, 6.45) is 1.80. The van der Waals surface area contributed by atoms with Crippen molar-refractivity contribution in [2.45, 2.75) is 31.6 Å². The van der Waals surface area contributed by atoms with Gasteiger partial charge in [0.15, 0.2) is 0 Å². The number of imide groups is 1. The van der Waals surface area contributed by atoms with Crippen molar-refractivity contribution in [3.8, 4) is 0 Å². The second-order valence-corrected chi connectivity index (χ2v) is 5.59. The molecule has 3 heterocycles. The van der Waals surface area contributed by atoms with Crippen LogP contribution in [0.4, 0.5) is 0 Å². The normalized spacial score (nSPS) is 36.1. The van der Waals surface area contributed by atoms with E-state index in [-0.39, 0.29) is 35.9 Å². The summed E-state index contributed by atoms with van der Waals surface area (Å²) in [5, 5.41) is 0. The van der Waals surface area contributed by atoms with Crippen LogP contribution >= 0.6 is 0 Å². The third-order valence-electron chi connectivity index (χ3n) is 4.56. The molecule has 2 unspecified atom stereocenters. The molecule has 2 bridgehead atoms. The number of rotatable bonds is 2. The van der Waals surface area contributed by atoms with Crippen molar-refractivity contribution in [2.24, 2.45) is 11.8 Å². The van der Waals surface area contributed by atoms with Crippen LogP contribution in [0.3, 0.4) is 0 Å². The zero-order chi connectivity index (χ0) is 13.0. The van der Waals surface area contributed by atoms with E-state index < -0.39 is 0 Å². The van der Waals surface area contributed by atoms with Crippen LogP contribution in [-0.2, 0) is 20.9 Å². The van der Waals surface area contributed by atoms with E-state index in [2.05, 4.69) is 0 Å². The SMILES string of the molecule is O=C1C2C3CC[C@@H](O3)[C@@H]2C(=O)N1Cc1ccccc1. The van der Waals surface area contributed by atoms with Crippen LogP contribution in [0.1, 0.15) is 18.4 Å². The van der Waals surface area contributed by atoms with Crippen molar-refractivity contribution < 1.29 is 14.3 Å². The summed E-state index contributed by atoms with van der Waals surface area (Å²) in [5.74, 6) is -0.498. The first-order valence-corrected chi connectivity index (χ1v) is 6.80. The number of hydrogen-bond acceptors (Lipinski definition) is 3. The van der Waals surface area contributed by atoms with Crippen LogP contribution in [0.25, 0.3) is 0 Å². The average molecular weight is 257 g/mol. The van der Waals surface area contributed by atoms with E-state index in [1.165, 1.54) is 4.90 Å². The molecule has 0 aliphatic carbocycles. The Bertz CT molecular complexity index is 514. The lowest BCUT2D eigenvalue weighted by atomic mass is 9.81. The molecule has 0 N–H and O–H groups in total. The van der Waals surface area contributed by atoms with Crippen molar-refractivity contribution in [1.29, 1.82) is 0 Å². The summed E-state index contributed by atoms with van der Waals surface area (Å²) in [4.78, 5) is 26.3. The molecule has 0 aromatic heterocycles. The Morgan fingerprint density at radius 1 is 1.00 bits per heavy atom. The lowest BCUT2D eigenvalue weighted by Gasteiger charge is -2.17. The highest BCUT2D eigenvalue weighted by Gasteiger charge is 2.62. The minimum absolute atomic E-state index is 0.0211. The molecule has 3 aliphatic rings. The molecule has 4 rings (SSSR count). The molecule has 0 radical (unpaired) electrons. The number of carbonyl (C=O) groups is 2. The number of likely N-dealkylation sites (tertiary alicyclic amines) is 1. The van der Waals surface area contributed by atoms with E-state index >= 15 is 0 Å². The average Bonchev–Trinajstić information content (AvgIpc) is 3.10. The number of benzene rings is 1. The monoisotopic (exact) mass is 257 g/mol. The molecule has 3 saturated heterocycles. The van der Waals surface area contributed by atoms with E-state index in [0.29, 0.717) is 6.54 Å². The van der Waals surface area contributed by atoms with Crippen LogP contribution in [0, 0.1) is 11.8 Å². The van der Waals surface area contributed by atoms with Crippen molar-refractivity contribution in [3.63, 3.8) is 0 Å². The van der Waals surface area contributed by atoms with Gasteiger partial charge in [-0.2, -0.15) is 0 Å². The molecule has 3 fully saturated rings. The minimum Gasteiger partial charge on any atom is -0.373 e. The van der Waals surface area contributed by atoms with Crippen molar-refractivity contribution >= 4 is 11.8 Å². The Labute approximate surface area is 111 Å². The fraction of sp³-hybridized carbons (Fsp3) is 0.467. The molecule has 0 spiro atoms. The fourth-order valence-electron chi connectivity index (χ4n) is 3.70. The summed E-state index contributed by atoms with van der Waals surface area (Å²) >= 11 is 0. The molecule has 3 aliphatic heterocycles. The predicted molar refractivity (Wildman–Crippen MR) is 66.9 cm³/mol. The largest absolute Gasteiger partial charge is 0.373 e. The quantitative estimate of drug-likeness (QED) is 0.751. The van der Waals surface area contributed by atoms with Gasteiger partial charge in [0.1, 0.15) is 0 Å². The first-order chi connectivity index (χ1) is 9.25. The van der Waals surface area contributed by atoms with Gasteiger partial charge in [0.25, 0.3) is 0 Å². The molecule has 4 heteroatoms. The highest BCUT2D eigenvalue weighted by Crippen LogP contribution is 2.48. The van der Waals surface area contributed by atoms with Gasteiger partial charge in [-0.15, -0.1) is 0 Å². The lowest BCUT2D eigenvalue weighted by molar-refractivity contribution is -0.143. The van der Waals surface area contributed by atoms with E-state index in [1.54, 1.807) is 0 Å². The zero-order valence-electron chi connectivity index (χ0n) is 10.5. The smallest absolute Gasteiger partial charge is 0.236 e. The van der Waals surface area contributed by atoms with Crippen LogP contribution in [0.2, 0.25) is 0 Å². The summed E-state index contributed by atoms with van der Waals surface area (Å²) in [6, 6.07) is 9.67. The van der Waals surface area contributed by atoms with Gasteiger partial charge in [-0.1, -0.05) is 30.3 Å². The number of carbonyl (C=O) groups excluding carboxylic acids is 2. The van der Waals surface area contributed by atoms with Gasteiger partial charge >= 0.3 is 0 Å². The topological polar surface area (TPSA) is 46.6 Å². The van der Waals surface area contributed by atoms with Gasteiger partial charge in [-0.25, -0.2) is 0 Å². The zero-order valence-corrected chi connectivity index (χ0v) is 10.5. The van der Waals surface area contributed by atoms with Crippen LogP contribution in [0.5, 0.6) is 0 Å². The number of ether oxygens (including phenoxy) is 1. The molecular weight excluding hydrogens is 242 g/mol. The molecule has 2 amide bonds. The molecule has 0 saturated carbocycles. The Hall–Kier alpha value is -1.68. The number of hydrogen-bond donors (Lipinski definition) is 0. The summed E-state index contributed by atoms with van der Waals surface area (Å²) < 4.78 is 5.71. The maximum Gasteiger partial charge on any atom is 0.236 e. The standard InChI is InChI=1S/C15H15NO3/c17-14-12-10-6-7-11(19-10)13(12)15(18)16(14)8-9-4-2-1-3-5-9/h1-5,10-13H,6-8H2/t10-,11?,12+,13?/m1/s1. The Morgan fingerprint density at radius 2 is 1.58 bits per heavy atom. The maximum atomic E-state index is 12.4. The fourth-order valence-corrected chi connectivity index (χ4v) is 3.70. The highest BCUT2D eigenvalue weighted by atomic mass is 16.5. The third-order valence-corrected chi connectivity index (χ3v) is 4.56. The second-order valence-electron chi connectivity index (χ2n) is 5.59. The van der Waals surface area contributed by atoms with E-state index in [9.17, 15) is 9.59 Å². The first kappa shape index (κ1) is 11.2. The molecule has 4 atom stereocenters. The number of nitrogens with zero attached hydrogens (tertiary/aromatic N) is 1. The van der Waals surface area contributed by atoms with Crippen LogP contribution < -0.4 is 0 Å². The van der Waals surface area contributed by atoms with Crippen molar-refractivity contribution in [2.75, 3.05) is 0 Å². The minimum atomic E-state index is -0.213. The van der Waals surface area contributed by atoms with Crippen molar-refractivity contribution in [3.05, 3.63) is 35.9 Å². The molecular formula is C15H15NO3. The molecule has 1 aromatic carbocycles. The van der Waals surface area contributed by atoms with Crippen molar-refractivity contribution in [1.82, 2.24) is 4.90 Å². The highest BCUT2D eigenvalue weighted by molar-refractivity contribution is 6.06. The van der Waals surface area contributed by atoms with Gasteiger partial charge in [-0.3, -0.25) is 14.5 Å². The third kappa shape index (κ3) is 1.49. The lowest BCUT2D eigenvalue weighted by Crippen LogP contribution is -2.33. The maximum absolute atomic E-state index is 12.4. The summed E-state index contributed by atoms with van der Waals surface area (Å²) in [6.45, 7) is 0.394. The molecule has 1 aromatic rings. The Kier molecular flexibility index (Phi) is 2.30. The summed E-state index contributed by atoms with van der Waals surface area (Å²) in [7, 11) is 0. The van der Waals surface area contributed by atoms with Gasteiger partial charge in [0.05, 0.1) is 30.6 Å². The molecule has 4 nitrogen and oxygen atoms in total. The molecule has 98 valence electrons. The van der Waals surface area contributed by atoms with Gasteiger partial charge in [0, 0.05) is 0 Å². The number of fused-ring (bicyclic) bond motifs is 5. The van der Waals surface area contributed by atoms with Crippen LogP contribution in [0.15, 0.2) is 30.3 Å². The molecule has 19 heavy (non-hydrogen) atoms. The van der Waals surface area contributed by atoms with Gasteiger partial charge in [0.2, 0.25) is 11.8 Å². The number of amides is 2. The first-order valence-electron chi connectivity index (χ1n) is 6.80. The van der Waals surface area contributed by atoms with Crippen LogP contribution in [-0.4, -0.2) is 28.9 Å². The van der Waals surface area contributed by atoms with Gasteiger partial charge < -0.3 is 4.74 Å². The van der Waals surface area contributed by atoms with E-state index in [0.717, 1.165) is 18.4 Å². The Morgan fingerprint density at radius 3 is 2.16 bits per heavy atom. The van der Waals surface area contributed by atoms with E-state index in [4.69, 9.17) is 4.74 Å². The Balaban J connectivity index is 1.61. The predicted octanol–water partition coefficient (Wildman–Crippen LogP) is 1.35. The van der Waals surface area contributed by atoms with Gasteiger partial charge in [-0.05, 0) is 18.4 Å². The van der Waals surface area contributed by atoms with E-state index in [1.807, 2.05) is 30.3 Å². The summed E-state index contributed by atoms with van der Waals surface area (Å²) in [5.41, 5.74) is 0.998.